The zero-order valence-corrected chi connectivity index (χ0v) is 11.5. The molecule has 0 bridgehead atoms. The van der Waals surface area contributed by atoms with Crippen molar-refractivity contribution < 1.29 is 23.5 Å². The lowest BCUT2D eigenvalue weighted by atomic mass is 9.74. The van der Waals surface area contributed by atoms with Crippen LogP contribution in [0, 0.1) is 17.0 Å². The molecule has 4 nitrogen and oxygen atoms in total. The van der Waals surface area contributed by atoms with Gasteiger partial charge < -0.3 is 10.4 Å². The van der Waals surface area contributed by atoms with Crippen LogP contribution in [0.15, 0.2) is 18.2 Å². The minimum atomic E-state index is -1.00. The molecule has 6 heteroatoms. The fourth-order valence-electron chi connectivity index (χ4n) is 2.71. The average Bonchev–Trinajstić information content (AvgIpc) is 2.48. The number of carboxylic acids is 1. The third-order valence-electron chi connectivity index (χ3n) is 4.02. The molecule has 0 unspecified atom stereocenters. The van der Waals surface area contributed by atoms with Crippen LogP contribution in [0.5, 0.6) is 0 Å². The van der Waals surface area contributed by atoms with Crippen LogP contribution in [0.3, 0.4) is 0 Å². The summed E-state index contributed by atoms with van der Waals surface area (Å²) < 4.78 is 26.6. The van der Waals surface area contributed by atoms with E-state index >= 15 is 0 Å². The summed E-state index contributed by atoms with van der Waals surface area (Å²) in [5.41, 5.74) is -1.41. The molecule has 0 heterocycles. The Bertz CT molecular complexity index is 554. The summed E-state index contributed by atoms with van der Waals surface area (Å²) in [5.74, 6) is -3.30. The molecule has 114 valence electrons. The van der Waals surface area contributed by atoms with Gasteiger partial charge in [-0.1, -0.05) is 19.3 Å². The molecule has 2 N–H and O–H groups in total. The fourth-order valence-corrected chi connectivity index (χ4v) is 2.71. The Morgan fingerprint density at radius 2 is 1.86 bits per heavy atom. The maximum Gasteiger partial charge on any atom is 0.311 e. The summed E-state index contributed by atoms with van der Waals surface area (Å²) in [6, 6.07) is 2.60. The zero-order chi connectivity index (χ0) is 15.5. The van der Waals surface area contributed by atoms with E-state index in [0.717, 1.165) is 37.5 Å². The van der Waals surface area contributed by atoms with Crippen LogP contribution in [-0.4, -0.2) is 23.5 Å². The van der Waals surface area contributed by atoms with Gasteiger partial charge in [0.05, 0.1) is 11.0 Å². The van der Waals surface area contributed by atoms with Gasteiger partial charge in [-0.15, -0.1) is 0 Å². The van der Waals surface area contributed by atoms with Crippen LogP contribution in [0.1, 0.15) is 42.5 Å². The van der Waals surface area contributed by atoms with Crippen molar-refractivity contribution in [2.75, 3.05) is 6.54 Å². The molecular formula is C15H17F2NO3. The van der Waals surface area contributed by atoms with Gasteiger partial charge in [0.25, 0.3) is 5.91 Å². The molecule has 2 rings (SSSR count). The number of benzene rings is 1. The van der Waals surface area contributed by atoms with Gasteiger partial charge in [-0.25, -0.2) is 8.78 Å². The van der Waals surface area contributed by atoms with Crippen molar-refractivity contribution >= 4 is 11.9 Å². The number of rotatable bonds is 4. The van der Waals surface area contributed by atoms with Crippen molar-refractivity contribution in [1.29, 1.82) is 0 Å². The van der Waals surface area contributed by atoms with E-state index in [9.17, 15) is 23.5 Å². The van der Waals surface area contributed by atoms with E-state index in [1.54, 1.807) is 0 Å². The SMILES string of the molecule is O=C(NCC1(C(=O)O)CCCCC1)c1cc(F)ccc1F. The van der Waals surface area contributed by atoms with Gasteiger partial charge in [0.1, 0.15) is 11.6 Å². The topological polar surface area (TPSA) is 66.4 Å². The second-order valence-electron chi connectivity index (χ2n) is 5.45. The number of hydrogen-bond acceptors (Lipinski definition) is 2. The number of aliphatic carboxylic acids is 1. The molecule has 0 spiro atoms. The third-order valence-corrected chi connectivity index (χ3v) is 4.02. The molecule has 1 aliphatic carbocycles. The fraction of sp³-hybridized carbons (Fsp3) is 0.467. The van der Waals surface area contributed by atoms with Crippen LogP contribution in [0.2, 0.25) is 0 Å². The monoisotopic (exact) mass is 297 g/mol. The first-order valence-electron chi connectivity index (χ1n) is 6.91. The molecule has 0 aromatic heterocycles. The minimum Gasteiger partial charge on any atom is -0.481 e. The zero-order valence-electron chi connectivity index (χ0n) is 11.5. The van der Waals surface area contributed by atoms with Crippen molar-refractivity contribution in [2.24, 2.45) is 5.41 Å². The highest BCUT2D eigenvalue weighted by Crippen LogP contribution is 2.36. The van der Waals surface area contributed by atoms with Gasteiger partial charge in [-0.3, -0.25) is 9.59 Å². The van der Waals surface area contributed by atoms with E-state index in [1.807, 2.05) is 0 Å². The molecule has 0 saturated heterocycles. The number of halogens is 2. The van der Waals surface area contributed by atoms with Crippen molar-refractivity contribution in [3.63, 3.8) is 0 Å². The number of amides is 1. The first kappa shape index (κ1) is 15.4. The Kier molecular flexibility index (Phi) is 4.55. The van der Waals surface area contributed by atoms with Gasteiger partial charge in [0.15, 0.2) is 0 Å². The summed E-state index contributed by atoms with van der Waals surface area (Å²) >= 11 is 0. The second kappa shape index (κ2) is 6.20. The lowest BCUT2D eigenvalue weighted by Gasteiger charge is -2.33. The van der Waals surface area contributed by atoms with Crippen molar-refractivity contribution in [2.45, 2.75) is 32.1 Å². The predicted octanol–water partition coefficient (Wildman–Crippen LogP) is 2.73. The van der Waals surface area contributed by atoms with Crippen molar-refractivity contribution in [1.82, 2.24) is 5.32 Å². The molecule has 0 radical (unpaired) electrons. The Balaban J connectivity index is 2.08. The van der Waals surface area contributed by atoms with Crippen LogP contribution in [-0.2, 0) is 4.79 Å². The number of hydrogen-bond donors (Lipinski definition) is 2. The predicted molar refractivity (Wildman–Crippen MR) is 71.8 cm³/mol. The second-order valence-corrected chi connectivity index (χ2v) is 5.45. The minimum absolute atomic E-state index is 0.0723. The molecule has 1 aromatic carbocycles. The highest BCUT2D eigenvalue weighted by atomic mass is 19.1. The first-order chi connectivity index (χ1) is 9.94. The lowest BCUT2D eigenvalue weighted by Crippen LogP contribution is -2.44. The van der Waals surface area contributed by atoms with Gasteiger partial charge >= 0.3 is 5.97 Å². The lowest BCUT2D eigenvalue weighted by molar-refractivity contribution is -0.150. The molecule has 1 saturated carbocycles. The molecule has 1 aliphatic rings. The summed E-state index contributed by atoms with van der Waals surface area (Å²) in [7, 11) is 0. The molecule has 0 aliphatic heterocycles. The summed E-state index contributed by atoms with van der Waals surface area (Å²) in [6.07, 6.45) is 3.51. The summed E-state index contributed by atoms with van der Waals surface area (Å²) in [5, 5.41) is 11.8. The van der Waals surface area contributed by atoms with Crippen LogP contribution < -0.4 is 5.32 Å². The Labute approximate surface area is 121 Å². The van der Waals surface area contributed by atoms with E-state index in [4.69, 9.17) is 0 Å². The number of carbonyl (C=O) groups is 2. The quantitative estimate of drug-likeness (QED) is 0.898. The maximum absolute atomic E-state index is 13.5. The Morgan fingerprint density at radius 3 is 2.48 bits per heavy atom. The number of carbonyl (C=O) groups excluding carboxylic acids is 1. The molecule has 0 atom stereocenters. The van der Waals surface area contributed by atoms with Crippen molar-refractivity contribution in [3.8, 4) is 0 Å². The molecule has 1 fully saturated rings. The molecular weight excluding hydrogens is 280 g/mol. The molecule has 1 aromatic rings. The van der Waals surface area contributed by atoms with Gasteiger partial charge in [0.2, 0.25) is 0 Å². The van der Waals surface area contributed by atoms with E-state index < -0.39 is 34.5 Å². The third kappa shape index (κ3) is 3.37. The largest absolute Gasteiger partial charge is 0.481 e. The molecule has 1 amide bonds. The van der Waals surface area contributed by atoms with Crippen LogP contribution >= 0.6 is 0 Å². The maximum atomic E-state index is 13.5. The van der Waals surface area contributed by atoms with Crippen LogP contribution in [0.25, 0.3) is 0 Å². The normalized spacial score (nSPS) is 17.2. The highest BCUT2D eigenvalue weighted by molar-refractivity contribution is 5.94. The first-order valence-corrected chi connectivity index (χ1v) is 6.91. The van der Waals surface area contributed by atoms with E-state index in [1.165, 1.54) is 0 Å². The van der Waals surface area contributed by atoms with Crippen molar-refractivity contribution in [3.05, 3.63) is 35.4 Å². The smallest absolute Gasteiger partial charge is 0.311 e. The molecule has 21 heavy (non-hydrogen) atoms. The van der Waals surface area contributed by atoms with Gasteiger partial charge in [0, 0.05) is 6.54 Å². The highest BCUT2D eigenvalue weighted by Gasteiger charge is 2.39. The Morgan fingerprint density at radius 1 is 1.19 bits per heavy atom. The van der Waals surface area contributed by atoms with E-state index in [2.05, 4.69) is 5.32 Å². The van der Waals surface area contributed by atoms with Crippen LogP contribution in [0.4, 0.5) is 8.78 Å². The number of carboxylic acid groups (broad SMARTS) is 1. The van der Waals surface area contributed by atoms with E-state index in [-0.39, 0.29) is 6.54 Å². The van der Waals surface area contributed by atoms with Gasteiger partial charge in [-0.05, 0) is 31.0 Å². The van der Waals surface area contributed by atoms with E-state index in [0.29, 0.717) is 12.8 Å². The summed E-state index contributed by atoms with van der Waals surface area (Å²) in [6.45, 7) is -0.0723. The standard InChI is InChI=1S/C15H17F2NO3/c16-10-4-5-12(17)11(8-10)13(19)18-9-15(14(20)21)6-2-1-3-7-15/h4-5,8H,1-3,6-7,9H2,(H,18,19)(H,20,21). The van der Waals surface area contributed by atoms with Gasteiger partial charge in [-0.2, -0.15) is 0 Å². The Hall–Kier alpha value is -1.98. The summed E-state index contributed by atoms with van der Waals surface area (Å²) in [4.78, 5) is 23.4. The number of nitrogens with one attached hydrogen (secondary N) is 1. The average molecular weight is 297 g/mol.